The van der Waals surface area contributed by atoms with Crippen molar-refractivity contribution in [2.75, 3.05) is 0 Å². The number of benzene rings is 1. The van der Waals surface area contributed by atoms with E-state index in [0.717, 1.165) is 30.3 Å². The topological polar surface area (TPSA) is 17.1 Å². The molecule has 1 nitrogen and oxygen atoms in total. The van der Waals surface area contributed by atoms with E-state index in [0.29, 0.717) is 6.29 Å². The Hall–Kier alpha value is -0.900. The van der Waals surface area contributed by atoms with Gasteiger partial charge in [-0.3, -0.25) is 4.79 Å². The molecule has 82 valence electrons. The summed E-state index contributed by atoms with van der Waals surface area (Å²) in [6, 6.07) is 2.11. The molecule has 0 aliphatic rings. The maximum Gasteiger partial charge on any atom is 0.150 e. The summed E-state index contributed by atoms with van der Waals surface area (Å²) < 4.78 is 26.7. The first-order valence-corrected chi connectivity index (χ1v) is 5.57. The minimum atomic E-state index is -0.664. The highest BCUT2D eigenvalue weighted by molar-refractivity contribution is 8.00. The second kappa shape index (κ2) is 5.26. The van der Waals surface area contributed by atoms with Crippen LogP contribution in [0.1, 0.15) is 30.6 Å². The van der Waals surface area contributed by atoms with E-state index < -0.39 is 11.6 Å². The zero-order chi connectivity index (χ0) is 11.4. The molecule has 0 saturated carbocycles. The summed E-state index contributed by atoms with van der Waals surface area (Å²) >= 11 is 1.15. The van der Waals surface area contributed by atoms with Crippen LogP contribution in [0.5, 0.6) is 0 Å². The number of halogens is 2. The number of hydrogen-bond donors (Lipinski definition) is 0. The van der Waals surface area contributed by atoms with Crippen molar-refractivity contribution in [1.82, 2.24) is 0 Å². The van der Waals surface area contributed by atoms with Crippen LogP contribution < -0.4 is 0 Å². The van der Waals surface area contributed by atoms with Crippen molar-refractivity contribution in [1.29, 1.82) is 0 Å². The zero-order valence-corrected chi connectivity index (χ0v) is 9.41. The number of aldehydes is 1. The number of carbonyl (C=O) groups excluding carboxylic acids is 1. The molecule has 4 heteroatoms. The normalized spacial score (nSPS) is 12.5. The summed E-state index contributed by atoms with van der Waals surface area (Å²) in [7, 11) is 0. The highest BCUT2D eigenvalue weighted by Crippen LogP contribution is 2.30. The van der Waals surface area contributed by atoms with E-state index >= 15 is 0 Å². The lowest BCUT2D eigenvalue weighted by Gasteiger charge is -2.10. The molecule has 0 N–H and O–H groups in total. The van der Waals surface area contributed by atoms with E-state index in [1.165, 1.54) is 0 Å². The van der Waals surface area contributed by atoms with Crippen LogP contribution in [0.3, 0.4) is 0 Å². The van der Waals surface area contributed by atoms with Crippen molar-refractivity contribution in [3.63, 3.8) is 0 Å². The molecule has 0 heterocycles. The van der Waals surface area contributed by atoms with Gasteiger partial charge in [-0.1, -0.05) is 13.8 Å². The molecule has 0 aliphatic carbocycles. The van der Waals surface area contributed by atoms with Gasteiger partial charge in [0.15, 0.2) is 0 Å². The van der Waals surface area contributed by atoms with Crippen molar-refractivity contribution in [2.24, 2.45) is 0 Å². The van der Waals surface area contributed by atoms with E-state index in [2.05, 4.69) is 0 Å². The summed E-state index contributed by atoms with van der Waals surface area (Å²) in [4.78, 5) is 10.4. The third-order valence-electron chi connectivity index (χ3n) is 2.05. The number of carbonyl (C=O) groups is 1. The van der Waals surface area contributed by atoms with Crippen LogP contribution in [-0.2, 0) is 0 Å². The van der Waals surface area contributed by atoms with E-state index in [-0.39, 0.29) is 15.7 Å². The summed E-state index contributed by atoms with van der Waals surface area (Å²) in [5.41, 5.74) is 0.0264. The fourth-order valence-electron chi connectivity index (χ4n) is 1.04. The molecule has 0 saturated heterocycles. The third-order valence-corrected chi connectivity index (χ3v) is 3.41. The Labute approximate surface area is 91.9 Å². The van der Waals surface area contributed by atoms with Gasteiger partial charge in [0.05, 0.1) is 4.90 Å². The smallest absolute Gasteiger partial charge is 0.150 e. The van der Waals surface area contributed by atoms with Gasteiger partial charge in [0, 0.05) is 10.8 Å². The third kappa shape index (κ3) is 3.02. The molecule has 0 aliphatic heterocycles. The maximum absolute atomic E-state index is 13.4. The van der Waals surface area contributed by atoms with Crippen molar-refractivity contribution in [2.45, 2.75) is 30.4 Å². The predicted octanol–water partition coefficient (Wildman–Crippen LogP) is 3.67. The first kappa shape index (κ1) is 12.2. The van der Waals surface area contributed by atoms with Gasteiger partial charge in [-0.2, -0.15) is 0 Å². The van der Waals surface area contributed by atoms with Crippen LogP contribution in [0.15, 0.2) is 17.0 Å². The van der Waals surface area contributed by atoms with Gasteiger partial charge < -0.3 is 0 Å². The van der Waals surface area contributed by atoms with Crippen LogP contribution in [0.2, 0.25) is 0 Å². The second-order valence-corrected chi connectivity index (χ2v) is 4.72. The summed E-state index contributed by atoms with van der Waals surface area (Å²) in [6.45, 7) is 3.85. The Morgan fingerprint density at radius 2 is 1.93 bits per heavy atom. The minimum absolute atomic E-state index is 0.00468. The van der Waals surface area contributed by atoms with Gasteiger partial charge in [-0.05, 0) is 18.6 Å². The molecule has 15 heavy (non-hydrogen) atoms. The average Bonchev–Trinajstić information content (AvgIpc) is 2.22. The average molecular weight is 230 g/mol. The standard InChI is InChI=1S/C11H12F2OS/c1-3-7(2)15-11-9(12)4-8(6-14)5-10(11)13/h4-7H,3H2,1-2H3. The number of hydrogen-bond acceptors (Lipinski definition) is 2. The predicted molar refractivity (Wildman–Crippen MR) is 57.4 cm³/mol. The molecule has 0 fully saturated rings. The van der Waals surface area contributed by atoms with Gasteiger partial charge in [-0.25, -0.2) is 8.78 Å². The van der Waals surface area contributed by atoms with Gasteiger partial charge in [-0.15, -0.1) is 11.8 Å². The molecule has 1 rings (SSSR count). The molecular weight excluding hydrogens is 218 g/mol. The molecular formula is C11H12F2OS. The van der Waals surface area contributed by atoms with Crippen molar-refractivity contribution >= 4 is 18.0 Å². The van der Waals surface area contributed by atoms with Crippen LogP contribution in [0, 0.1) is 11.6 Å². The van der Waals surface area contributed by atoms with Gasteiger partial charge in [0.1, 0.15) is 17.9 Å². The highest BCUT2D eigenvalue weighted by Gasteiger charge is 2.14. The summed E-state index contributed by atoms with van der Waals surface area (Å²) in [5.74, 6) is -1.33. The molecule has 1 unspecified atom stereocenters. The van der Waals surface area contributed by atoms with Crippen LogP contribution in [0.25, 0.3) is 0 Å². The van der Waals surface area contributed by atoms with E-state index in [1.54, 1.807) is 0 Å². The van der Waals surface area contributed by atoms with E-state index in [9.17, 15) is 13.6 Å². The lowest BCUT2D eigenvalue weighted by molar-refractivity contribution is 0.112. The Morgan fingerprint density at radius 1 is 1.40 bits per heavy atom. The molecule has 0 aromatic heterocycles. The van der Waals surface area contributed by atoms with Crippen molar-refractivity contribution in [3.05, 3.63) is 29.3 Å². The van der Waals surface area contributed by atoms with E-state index in [4.69, 9.17) is 0 Å². The molecule has 1 aromatic carbocycles. The SMILES string of the molecule is CCC(C)Sc1c(F)cc(C=O)cc1F. The molecule has 0 radical (unpaired) electrons. The fraction of sp³-hybridized carbons (Fsp3) is 0.364. The summed E-state index contributed by atoms with van der Waals surface area (Å²) in [5, 5.41) is 0.149. The number of rotatable bonds is 4. The fourth-order valence-corrected chi connectivity index (χ4v) is 1.96. The van der Waals surface area contributed by atoms with Gasteiger partial charge in [0.2, 0.25) is 0 Å². The second-order valence-electron chi connectivity index (χ2n) is 3.27. The zero-order valence-electron chi connectivity index (χ0n) is 8.59. The van der Waals surface area contributed by atoms with Crippen molar-refractivity contribution in [3.8, 4) is 0 Å². The number of thioether (sulfide) groups is 1. The van der Waals surface area contributed by atoms with Crippen LogP contribution >= 0.6 is 11.8 Å². The van der Waals surface area contributed by atoms with Crippen molar-refractivity contribution < 1.29 is 13.6 Å². The molecule has 1 aromatic rings. The molecule has 0 bridgehead atoms. The minimum Gasteiger partial charge on any atom is -0.298 e. The van der Waals surface area contributed by atoms with Crippen LogP contribution in [-0.4, -0.2) is 11.5 Å². The quantitative estimate of drug-likeness (QED) is 0.580. The lowest BCUT2D eigenvalue weighted by Crippen LogP contribution is -1.98. The molecule has 0 amide bonds. The molecule has 1 atom stereocenters. The Balaban J connectivity index is 3.02. The first-order valence-electron chi connectivity index (χ1n) is 4.69. The van der Waals surface area contributed by atoms with E-state index in [1.807, 2.05) is 13.8 Å². The monoisotopic (exact) mass is 230 g/mol. The Bertz CT molecular complexity index is 343. The van der Waals surface area contributed by atoms with Crippen LogP contribution in [0.4, 0.5) is 8.78 Å². The Kier molecular flexibility index (Phi) is 4.27. The van der Waals surface area contributed by atoms with Gasteiger partial charge in [0.25, 0.3) is 0 Å². The largest absolute Gasteiger partial charge is 0.298 e. The van der Waals surface area contributed by atoms with Gasteiger partial charge >= 0.3 is 0 Å². The molecule has 0 spiro atoms. The maximum atomic E-state index is 13.4. The first-order chi connectivity index (χ1) is 7.08. The summed E-state index contributed by atoms with van der Waals surface area (Å²) in [6.07, 6.45) is 1.27. The highest BCUT2D eigenvalue weighted by atomic mass is 32.2. The lowest BCUT2D eigenvalue weighted by atomic mass is 10.2. The Morgan fingerprint density at radius 3 is 2.33 bits per heavy atom.